The first-order valence-corrected chi connectivity index (χ1v) is 6.20. The van der Waals surface area contributed by atoms with Gasteiger partial charge < -0.3 is 10.4 Å². The highest BCUT2D eigenvalue weighted by Gasteiger charge is 2.38. The summed E-state index contributed by atoms with van der Waals surface area (Å²) in [7, 11) is 0. The highest BCUT2D eigenvalue weighted by molar-refractivity contribution is 6.35. The number of benzene rings is 1. The molecule has 17 heavy (non-hydrogen) atoms. The lowest BCUT2D eigenvalue weighted by molar-refractivity contribution is 0.0642. The first kappa shape index (κ1) is 12.7. The Labute approximate surface area is 110 Å². The van der Waals surface area contributed by atoms with Gasteiger partial charge in [0.15, 0.2) is 0 Å². The minimum atomic E-state index is -0.470. The molecule has 1 aromatic carbocycles. The third-order valence-corrected chi connectivity index (χ3v) is 3.73. The minimum Gasteiger partial charge on any atom is -0.394 e. The molecule has 0 heterocycles. The van der Waals surface area contributed by atoms with Crippen LogP contribution in [0.25, 0.3) is 0 Å². The fraction of sp³-hybridized carbons (Fsp3) is 0.417. The molecule has 0 bridgehead atoms. The van der Waals surface area contributed by atoms with Crippen molar-refractivity contribution in [3.8, 4) is 0 Å². The van der Waals surface area contributed by atoms with Gasteiger partial charge in [-0.2, -0.15) is 0 Å². The Morgan fingerprint density at radius 1 is 1.41 bits per heavy atom. The van der Waals surface area contributed by atoms with Crippen LogP contribution in [0.3, 0.4) is 0 Å². The van der Waals surface area contributed by atoms with Crippen molar-refractivity contribution in [2.75, 3.05) is 6.61 Å². The Morgan fingerprint density at radius 3 is 2.65 bits per heavy atom. The van der Waals surface area contributed by atoms with Crippen LogP contribution in [0.15, 0.2) is 18.2 Å². The maximum atomic E-state index is 12.0. The monoisotopic (exact) mass is 273 g/mol. The molecule has 1 aliphatic carbocycles. The lowest BCUT2D eigenvalue weighted by atomic mass is 9.77. The number of aliphatic hydroxyl groups is 1. The molecule has 1 aliphatic rings. The Bertz CT molecular complexity index is 439. The molecule has 0 spiro atoms. The van der Waals surface area contributed by atoms with Gasteiger partial charge in [0, 0.05) is 5.02 Å². The van der Waals surface area contributed by atoms with Crippen molar-refractivity contribution in [1.82, 2.24) is 5.32 Å². The SMILES string of the molecule is O=C(NC1(CO)CCC1)c1cc(Cl)ccc1Cl. The van der Waals surface area contributed by atoms with E-state index in [4.69, 9.17) is 23.2 Å². The van der Waals surface area contributed by atoms with Gasteiger partial charge in [-0.25, -0.2) is 0 Å². The van der Waals surface area contributed by atoms with E-state index in [0.29, 0.717) is 15.6 Å². The quantitative estimate of drug-likeness (QED) is 0.890. The molecule has 2 N–H and O–H groups in total. The van der Waals surface area contributed by atoms with Crippen molar-refractivity contribution >= 4 is 29.1 Å². The summed E-state index contributed by atoms with van der Waals surface area (Å²) in [6, 6.07) is 4.75. The molecule has 1 aromatic rings. The number of hydrogen-bond acceptors (Lipinski definition) is 2. The molecular weight excluding hydrogens is 261 g/mol. The molecule has 2 rings (SSSR count). The topological polar surface area (TPSA) is 49.3 Å². The Hall–Kier alpha value is -0.770. The second-order valence-electron chi connectivity index (χ2n) is 4.37. The maximum absolute atomic E-state index is 12.0. The van der Waals surface area contributed by atoms with Crippen LogP contribution in [-0.2, 0) is 0 Å². The molecule has 3 nitrogen and oxygen atoms in total. The van der Waals surface area contributed by atoms with E-state index in [1.165, 1.54) is 6.07 Å². The number of carbonyl (C=O) groups excluding carboxylic acids is 1. The number of aliphatic hydroxyl groups excluding tert-OH is 1. The van der Waals surface area contributed by atoms with Crippen molar-refractivity contribution in [2.24, 2.45) is 0 Å². The second-order valence-corrected chi connectivity index (χ2v) is 5.21. The lowest BCUT2D eigenvalue weighted by Gasteiger charge is -2.41. The summed E-state index contributed by atoms with van der Waals surface area (Å²) >= 11 is 11.8. The Balaban J connectivity index is 2.17. The predicted molar refractivity (Wildman–Crippen MR) is 67.6 cm³/mol. The van der Waals surface area contributed by atoms with Crippen molar-refractivity contribution in [3.05, 3.63) is 33.8 Å². The molecular formula is C12H13Cl2NO2. The number of amides is 1. The summed E-state index contributed by atoms with van der Waals surface area (Å²) in [4.78, 5) is 12.0. The normalized spacial score (nSPS) is 17.4. The van der Waals surface area contributed by atoms with Gasteiger partial charge in [-0.15, -0.1) is 0 Å². The van der Waals surface area contributed by atoms with Gasteiger partial charge in [0.1, 0.15) is 0 Å². The molecule has 0 radical (unpaired) electrons. The van der Waals surface area contributed by atoms with Crippen LogP contribution in [0.2, 0.25) is 10.0 Å². The van der Waals surface area contributed by atoms with Gasteiger partial charge in [-0.3, -0.25) is 4.79 Å². The zero-order valence-corrected chi connectivity index (χ0v) is 10.7. The van der Waals surface area contributed by atoms with E-state index in [0.717, 1.165) is 19.3 Å². The van der Waals surface area contributed by atoms with E-state index < -0.39 is 5.54 Å². The molecule has 92 valence electrons. The number of halogens is 2. The smallest absolute Gasteiger partial charge is 0.253 e. The van der Waals surface area contributed by atoms with Gasteiger partial charge in [0.05, 0.1) is 22.7 Å². The molecule has 0 aliphatic heterocycles. The third-order valence-electron chi connectivity index (χ3n) is 3.17. The molecule has 1 fully saturated rings. The number of carbonyl (C=O) groups is 1. The summed E-state index contributed by atoms with van der Waals surface area (Å²) in [5, 5.41) is 12.9. The summed E-state index contributed by atoms with van der Waals surface area (Å²) in [5.74, 6) is -0.286. The first-order valence-electron chi connectivity index (χ1n) is 5.45. The van der Waals surface area contributed by atoms with E-state index in [-0.39, 0.29) is 12.5 Å². The van der Waals surface area contributed by atoms with Crippen molar-refractivity contribution in [2.45, 2.75) is 24.8 Å². The minimum absolute atomic E-state index is 0.0447. The van der Waals surface area contributed by atoms with Crippen LogP contribution >= 0.6 is 23.2 Å². The van der Waals surface area contributed by atoms with Gasteiger partial charge >= 0.3 is 0 Å². The molecule has 5 heteroatoms. The summed E-state index contributed by atoms with van der Waals surface area (Å²) in [6.07, 6.45) is 2.62. The standard InChI is InChI=1S/C12H13Cl2NO2/c13-8-2-3-10(14)9(6-8)11(17)15-12(7-16)4-1-5-12/h2-3,6,16H,1,4-5,7H2,(H,15,17). The summed E-state index contributed by atoms with van der Waals surface area (Å²) < 4.78 is 0. The second kappa shape index (κ2) is 4.84. The molecule has 1 amide bonds. The van der Waals surface area contributed by atoms with Gasteiger partial charge in [0.25, 0.3) is 5.91 Å². The molecule has 0 unspecified atom stereocenters. The first-order chi connectivity index (χ1) is 8.06. The van der Waals surface area contributed by atoms with Crippen LogP contribution in [0.4, 0.5) is 0 Å². The van der Waals surface area contributed by atoms with Crippen LogP contribution in [0, 0.1) is 0 Å². The molecule has 0 aromatic heterocycles. The van der Waals surface area contributed by atoms with E-state index in [1.807, 2.05) is 0 Å². The number of nitrogens with one attached hydrogen (secondary N) is 1. The average molecular weight is 274 g/mol. The largest absolute Gasteiger partial charge is 0.394 e. The van der Waals surface area contributed by atoms with E-state index >= 15 is 0 Å². The van der Waals surface area contributed by atoms with Gasteiger partial charge in [-0.1, -0.05) is 23.2 Å². The Morgan fingerprint density at radius 2 is 2.12 bits per heavy atom. The fourth-order valence-corrected chi connectivity index (χ4v) is 2.28. The van der Waals surface area contributed by atoms with Crippen molar-refractivity contribution in [3.63, 3.8) is 0 Å². The van der Waals surface area contributed by atoms with Crippen LogP contribution in [-0.4, -0.2) is 23.2 Å². The van der Waals surface area contributed by atoms with E-state index in [1.54, 1.807) is 12.1 Å². The van der Waals surface area contributed by atoms with Gasteiger partial charge in [-0.05, 0) is 37.5 Å². The molecule has 0 saturated heterocycles. The zero-order chi connectivity index (χ0) is 12.5. The highest BCUT2D eigenvalue weighted by Crippen LogP contribution is 2.32. The molecule has 1 saturated carbocycles. The fourth-order valence-electron chi connectivity index (χ4n) is 1.91. The van der Waals surface area contributed by atoms with Gasteiger partial charge in [0.2, 0.25) is 0 Å². The highest BCUT2D eigenvalue weighted by atomic mass is 35.5. The van der Waals surface area contributed by atoms with Crippen LogP contribution in [0.1, 0.15) is 29.6 Å². The van der Waals surface area contributed by atoms with Crippen LogP contribution in [0.5, 0.6) is 0 Å². The third kappa shape index (κ3) is 2.57. The summed E-state index contributed by atoms with van der Waals surface area (Å²) in [6.45, 7) is -0.0447. The average Bonchev–Trinajstić information content (AvgIpc) is 2.26. The van der Waals surface area contributed by atoms with E-state index in [9.17, 15) is 9.90 Å². The number of rotatable bonds is 3. The lowest BCUT2D eigenvalue weighted by Crippen LogP contribution is -2.56. The zero-order valence-electron chi connectivity index (χ0n) is 9.17. The van der Waals surface area contributed by atoms with Crippen molar-refractivity contribution in [1.29, 1.82) is 0 Å². The predicted octanol–water partition coefficient (Wildman–Crippen LogP) is 2.64. The Kier molecular flexibility index (Phi) is 3.61. The van der Waals surface area contributed by atoms with E-state index in [2.05, 4.69) is 5.32 Å². The maximum Gasteiger partial charge on any atom is 0.253 e. The van der Waals surface area contributed by atoms with Crippen LogP contribution < -0.4 is 5.32 Å². The van der Waals surface area contributed by atoms with Crippen molar-refractivity contribution < 1.29 is 9.90 Å². The number of hydrogen-bond donors (Lipinski definition) is 2. The molecule has 0 atom stereocenters. The summed E-state index contributed by atoms with van der Waals surface area (Å²) in [5.41, 5.74) is -0.123.